The van der Waals surface area contributed by atoms with E-state index in [1.807, 2.05) is 0 Å². The predicted octanol–water partition coefficient (Wildman–Crippen LogP) is 13.2. The summed E-state index contributed by atoms with van der Waals surface area (Å²) < 4.78 is 4.74. The van der Waals surface area contributed by atoms with Crippen LogP contribution in [0.4, 0.5) is 5.69 Å². The van der Waals surface area contributed by atoms with Crippen LogP contribution in [-0.2, 0) is 6.42 Å². The van der Waals surface area contributed by atoms with Gasteiger partial charge in [0.25, 0.3) is 0 Å². The van der Waals surface area contributed by atoms with Crippen molar-refractivity contribution in [2.75, 3.05) is 5.32 Å². The molecule has 2 aromatic heterocycles. The fourth-order valence-electron chi connectivity index (χ4n) is 8.98. The maximum Gasteiger partial charge on any atom is 0.114 e. The lowest BCUT2D eigenvalue weighted by atomic mass is 9.83. The molecule has 266 valence electrons. The number of hydrogen-bond donors (Lipinski definition) is 1. The van der Waals surface area contributed by atoms with Crippen LogP contribution < -0.4 is 5.32 Å². The molecule has 0 saturated carbocycles. The Labute approximate surface area is 326 Å². The highest BCUT2D eigenvalue weighted by Crippen LogP contribution is 2.51. The summed E-state index contributed by atoms with van der Waals surface area (Å²) in [4.78, 5) is 4.89. The summed E-state index contributed by atoms with van der Waals surface area (Å²) in [5.41, 5.74) is 17.8. The minimum atomic E-state index is -0.0230. The maximum absolute atomic E-state index is 4.89. The van der Waals surface area contributed by atoms with Crippen LogP contribution in [0.1, 0.15) is 29.9 Å². The average Bonchev–Trinajstić information content (AvgIpc) is 3.83. The normalized spacial score (nSPS) is 13.5. The third-order valence-corrected chi connectivity index (χ3v) is 11.6. The fourth-order valence-corrected chi connectivity index (χ4v) is 8.98. The van der Waals surface area contributed by atoms with Gasteiger partial charge in [0, 0.05) is 45.3 Å². The van der Waals surface area contributed by atoms with Crippen molar-refractivity contribution in [2.45, 2.75) is 19.4 Å². The summed E-state index contributed by atoms with van der Waals surface area (Å²) >= 11 is 0. The Morgan fingerprint density at radius 2 is 1.12 bits per heavy atom. The SMILES string of the molecule is CCc1nc2ccccc2n1-c1ccc(-c2ccc(-c3cccc4c3NC(c3ccccc3)c3ccc5c6ccccc6n(-c6ccccc6)c5c3-4)cc2)cc1. The number of fused-ring (bicyclic) bond motifs is 8. The van der Waals surface area contributed by atoms with Crippen LogP contribution in [0.2, 0.25) is 0 Å². The molecule has 0 saturated heterocycles. The molecule has 0 bridgehead atoms. The average molecular weight is 719 g/mol. The van der Waals surface area contributed by atoms with Crippen molar-refractivity contribution in [2.24, 2.45) is 0 Å². The summed E-state index contributed by atoms with van der Waals surface area (Å²) in [6.45, 7) is 2.17. The molecule has 0 radical (unpaired) electrons. The Morgan fingerprint density at radius 1 is 0.500 bits per heavy atom. The lowest BCUT2D eigenvalue weighted by Crippen LogP contribution is -2.19. The first-order chi connectivity index (χ1) is 27.7. The molecule has 0 amide bonds. The predicted molar refractivity (Wildman–Crippen MR) is 233 cm³/mol. The molecule has 1 N–H and O–H groups in total. The molecule has 4 nitrogen and oxygen atoms in total. The molecule has 1 aliphatic rings. The number of rotatable bonds is 6. The molecule has 1 atom stereocenters. The molecule has 3 heterocycles. The van der Waals surface area contributed by atoms with Crippen molar-refractivity contribution in [3.05, 3.63) is 205 Å². The first kappa shape index (κ1) is 32.3. The van der Waals surface area contributed by atoms with Crippen LogP contribution in [0.15, 0.2) is 188 Å². The first-order valence-corrected chi connectivity index (χ1v) is 19.5. The van der Waals surface area contributed by atoms with E-state index in [4.69, 9.17) is 4.98 Å². The van der Waals surface area contributed by atoms with E-state index in [2.05, 4.69) is 209 Å². The molecule has 0 fully saturated rings. The van der Waals surface area contributed by atoms with Crippen molar-refractivity contribution < 1.29 is 0 Å². The van der Waals surface area contributed by atoms with Gasteiger partial charge in [-0.2, -0.15) is 0 Å². The minimum Gasteiger partial charge on any atom is -0.373 e. The molecule has 1 unspecified atom stereocenters. The molecule has 56 heavy (non-hydrogen) atoms. The highest BCUT2D eigenvalue weighted by molar-refractivity contribution is 6.16. The standard InChI is InChI=1S/C52H38N4/c1-2-48-53-45-21-10-12-23-47(45)55(48)39-30-28-35(29-31-39)34-24-26-36(27-25-34)40-19-13-20-43-49-44(50(54-51(40)43)37-14-5-3-6-15-37)33-32-42-41-18-9-11-22-46(41)56(52(42)49)38-16-7-4-8-17-38/h3-33,50,54H,2H2,1H3. The zero-order valence-corrected chi connectivity index (χ0v) is 31.0. The zero-order chi connectivity index (χ0) is 37.2. The van der Waals surface area contributed by atoms with Gasteiger partial charge in [-0.05, 0) is 70.3 Å². The molecule has 11 rings (SSSR count). The van der Waals surface area contributed by atoms with Gasteiger partial charge in [-0.3, -0.25) is 4.57 Å². The Hall–Kier alpha value is -7.17. The van der Waals surface area contributed by atoms with Gasteiger partial charge in [-0.15, -0.1) is 0 Å². The quantitative estimate of drug-likeness (QED) is 0.186. The number of imidazole rings is 1. The lowest BCUT2D eigenvalue weighted by molar-refractivity contribution is 0.908. The van der Waals surface area contributed by atoms with Crippen LogP contribution in [-0.4, -0.2) is 14.1 Å². The number of nitrogens with one attached hydrogen (secondary N) is 1. The number of aryl methyl sites for hydroxylation is 1. The van der Waals surface area contributed by atoms with Crippen molar-refractivity contribution in [1.29, 1.82) is 0 Å². The Morgan fingerprint density at radius 3 is 1.89 bits per heavy atom. The Balaban J connectivity index is 1.05. The van der Waals surface area contributed by atoms with Crippen LogP contribution in [0.25, 0.3) is 77.6 Å². The molecule has 8 aromatic carbocycles. The van der Waals surface area contributed by atoms with E-state index < -0.39 is 0 Å². The second kappa shape index (κ2) is 13.0. The molecular formula is C52H38N4. The first-order valence-electron chi connectivity index (χ1n) is 19.5. The van der Waals surface area contributed by atoms with E-state index >= 15 is 0 Å². The van der Waals surface area contributed by atoms with Gasteiger partial charge in [-0.25, -0.2) is 4.98 Å². The molecule has 10 aromatic rings. The van der Waals surface area contributed by atoms with Crippen LogP contribution in [0.5, 0.6) is 0 Å². The topological polar surface area (TPSA) is 34.8 Å². The van der Waals surface area contributed by atoms with Crippen molar-refractivity contribution in [1.82, 2.24) is 14.1 Å². The molecule has 4 heteroatoms. The van der Waals surface area contributed by atoms with Crippen molar-refractivity contribution >= 4 is 38.5 Å². The number of para-hydroxylation sites is 5. The zero-order valence-electron chi connectivity index (χ0n) is 31.0. The van der Waals surface area contributed by atoms with E-state index in [1.165, 1.54) is 66.3 Å². The molecule has 1 aliphatic heterocycles. The number of anilines is 1. The van der Waals surface area contributed by atoms with Gasteiger partial charge in [0.15, 0.2) is 0 Å². The largest absolute Gasteiger partial charge is 0.373 e. The van der Waals surface area contributed by atoms with Crippen molar-refractivity contribution in [3.8, 4) is 44.8 Å². The third-order valence-electron chi connectivity index (χ3n) is 11.6. The van der Waals surface area contributed by atoms with Gasteiger partial charge in [0.1, 0.15) is 5.82 Å². The number of hydrogen-bond acceptors (Lipinski definition) is 2. The van der Waals surface area contributed by atoms with Gasteiger partial charge in [-0.1, -0.05) is 153 Å². The third kappa shape index (κ3) is 5.03. The van der Waals surface area contributed by atoms with Gasteiger partial charge >= 0.3 is 0 Å². The lowest BCUT2D eigenvalue weighted by Gasteiger charge is -2.33. The molecule has 0 spiro atoms. The maximum atomic E-state index is 4.89. The van der Waals surface area contributed by atoms with E-state index in [0.717, 1.165) is 40.3 Å². The van der Waals surface area contributed by atoms with E-state index in [0.29, 0.717) is 0 Å². The monoisotopic (exact) mass is 718 g/mol. The smallest absolute Gasteiger partial charge is 0.114 e. The van der Waals surface area contributed by atoms with Crippen LogP contribution in [0, 0.1) is 0 Å². The minimum absolute atomic E-state index is 0.0230. The van der Waals surface area contributed by atoms with Crippen LogP contribution in [0.3, 0.4) is 0 Å². The summed E-state index contributed by atoms with van der Waals surface area (Å²) in [7, 11) is 0. The van der Waals surface area contributed by atoms with Crippen LogP contribution >= 0.6 is 0 Å². The Bertz CT molecular complexity index is 3060. The summed E-state index contributed by atoms with van der Waals surface area (Å²) in [6.07, 6.45) is 0.870. The van der Waals surface area contributed by atoms with Crippen molar-refractivity contribution in [3.63, 3.8) is 0 Å². The summed E-state index contributed by atoms with van der Waals surface area (Å²) in [6, 6.07) is 68.2. The van der Waals surface area contributed by atoms with Gasteiger partial charge < -0.3 is 9.88 Å². The summed E-state index contributed by atoms with van der Waals surface area (Å²) in [5, 5.41) is 6.58. The number of aromatic nitrogens is 3. The second-order valence-corrected chi connectivity index (χ2v) is 14.7. The Kier molecular flexibility index (Phi) is 7.49. The van der Waals surface area contributed by atoms with E-state index in [9.17, 15) is 0 Å². The number of nitrogens with zero attached hydrogens (tertiary/aromatic N) is 3. The molecule has 0 aliphatic carbocycles. The van der Waals surface area contributed by atoms with E-state index in [1.54, 1.807) is 0 Å². The molecular weight excluding hydrogens is 681 g/mol. The highest BCUT2D eigenvalue weighted by atomic mass is 15.1. The van der Waals surface area contributed by atoms with Gasteiger partial charge in [0.05, 0.1) is 33.8 Å². The second-order valence-electron chi connectivity index (χ2n) is 14.7. The summed E-state index contributed by atoms with van der Waals surface area (Å²) in [5.74, 6) is 1.07. The van der Waals surface area contributed by atoms with E-state index in [-0.39, 0.29) is 6.04 Å². The van der Waals surface area contributed by atoms with Gasteiger partial charge in [0.2, 0.25) is 0 Å². The highest BCUT2D eigenvalue weighted by Gasteiger charge is 2.31. The number of benzene rings is 8. The fraction of sp³-hybridized carbons (Fsp3) is 0.0577.